The Hall–Kier alpha value is -4.07. The molecule has 3 aromatic rings. The normalized spacial score (nSPS) is 10.4. The number of hydrogen-bond acceptors (Lipinski definition) is 7. The van der Waals surface area contributed by atoms with Crippen LogP contribution in [0.2, 0.25) is 0 Å². The van der Waals surface area contributed by atoms with E-state index in [0.717, 1.165) is 17.3 Å². The second-order valence-electron chi connectivity index (χ2n) is 7.08. The zero-order valence-electron chi connectivity index (χ0n) is 17.6. The van der Waals surface area contributed by atoms with Crippen LogP contribution < -0.4 is 4.90 Å². The van der Waals surface area contributed by atoms with E-state index in [0.29, 0.717) is 18.9 Å². The van der Waals surface area contributed by atoms with Gasteiger partial charge in [-0.2, -0.15) is 0 Å². The molecule has 0 fully saturated rings. The number of carbonyl (C=O) groups is 2. The van der Waals surface area contributed by atoms with Gasteiger partial charge in [-0.15, -0.1) is 0 Å². The van der Waals surface area contributed by atoms with Crippen molar-refractivity contribution < 1.29 is 19.2 Å². The second kappa shape index (κ2) is 10.8. The molecular weight excluding hydrogens is 410 g/mol. The third kappa shape index (κ3) is 5.98. The molecular formula is C24H23N3O5. The summed E-state index contributed by atoms with van der Waals surface area (Å²) in [7, 11) is 0. The van der Waals surface area contributed by atoms with Gasteiger partial charge in [0.25, 0.3) is 5.69 Å². The third-order valence-corrected chi connectivity index (χ3v) is 4.76. The molecule has 0 aliphatic rings. The van der Waals surface area contributed by atoms with Crippen LogP contribution in [-0.4, -0.2) is 28.3 Å². The Balaban J connectivity index is 1.96. The molecule has 0 saturated heterocycles. The quantitative estimate of drug-likeness (QED) is 0.207. The van der Waals surface area contributed by atoms with E-state index < -0.39 is 23.1 Å². The predicted octanol–water partition coefficient (Wildman–Crippen LogP) is 3.87. The van der Waals surface area contributed by atoms with Crippen LogP contribution in [0.25, 0.3) is 0 Å². The van der Waals surface area contributed by atoms with Gasteiger partial charge >= 0.3 is 5.97 Å². The maximum atomic E-state index is 12.2. The SMILES string of the molecule is CCOC(=O)C(=O)Cc1cc(N(Cc2ccccc2)Cc2ccccc2)ncc1[N+](=O)[O-]. The fraction of sp³-hybridized carbons (Fsp3) is 0.208. The first-order chi connectivity index (χ1) is 15.5. The summed E-state index contributed by atoms with van der Waals surface area (Å²) in [5.74, 6) is -1.38. The van der Waals surface area contributed by atoms with E-state index in [1.54, 1.807) is 6.92 Å². The summed E-state index contributed by atoms with van der Waals surface area (Å²) >= 11 is 0. The van der Waals surface area contributed by atoms with E-state index in [4.69, 9.17) is 4.74 Å². The molecule has 0 bridgehead atoms. The maximum absolute atomic E-state index is 12.2. The van der Waals surface area contributed by atoms with E-state index in [1.165, 1.54) is 6.07 Å². The molecule has 3 rings (SSSR count). The molecule has 1 aromatic heterocycles. The molecule has 0 atom stereocenters. The minimum absolute atomic E-state index is 0.0518. The molecule has 164 valence electrons. The van der Waals surface area contributed by atoms with Crippen molar-refractivity contribution in [2.24, 2.45) is 0 Å². The molecule has 8 nitrogen and oxygen atoms in total. The largest absolute Gasteiger partial charge is 0.460 e. The number of Topliss-reactive ketones (excluding diaryl/α,β-unsaturated/α-hetero) is 1. The molecule has 0 radical (unpaired) electrons. The average molecular weight is 433 g/mol. The number of nitro groups is 1. The van der Waals surface area contributed by atoms with E-state index in [9.17, 15) is 19.7 Å². The molecule has 0 N–H and O–H groups in total. The van der Waals surface area contributed by atoms with Gasteiger partial charge < -0.3 is 9.64 Å². The number of anilines is 1. The topological polar surface area (TPSA) is 103 Å². The van der Waals surface area contributed by atoms with Crippen molar-refractivity contribution in [2.45, 2.75) is 26.4 Å². The lowest BCUT2D eigenvalue weighted by Crippen LogP contribution is -2.24. The Labute approximate surface area is 185 Å². The van der Waals surface area contributed by atoms with Crippen LogP contribution in [0.15, 0.2) is 72.9 Å². The van der Waals surface area contributed by atoms with E-state index >= 15 is 0 Å². The summed E-state index contributed by atoms with van der Waals surface area (Å²) in [6.07, 6.45) is 0.696. The maximum Gasteiger partial charge on any atom is 0.374 e. The standard InChI is InChI=1S/C24H23N3O5/c1-2-32-24(29)22(28)13-20-14-23(25-15-21(20)27(30)31)26(16-18-9-5-3-6-10-18)17-19-11-7-4-8-12-19/h3-12,14-15H,2,13,16-17H2,1H3. The molecule has 0 unspecified atom stereocenters. The van der Waals surface area contributed by atoms with Crippen molar-refractivity contribution in [3.63, 3.8) is 0 Å². The number of ketones is 1. The Morgan fingerprint density at radius 1 is 1.00 bits per heavy atom. The fourth-order valence-electron chi connectivity index (χ4n) is 3.24. The lowest BCUT2D eigenvalue weighted by atomic mass is 10.1. The summed E-state index contributed by atoms with van der Waals surface area (Å²) in [6, 6.07) is 21.0. The van der Waals surface area contributed by atoms with Crippen molar-refractivity contribution >= 4 is 23.3 Å². The number of benzene rings is 2. The molecule has 0 spiro atoms. The third-order valence-electron chi connectivity index (χ3n) is 4.76. The molecule has 2 aromatic carbocycles. The van der Waals surface area contributed by atoms with Gasteiger partial charge in [0.1, 0.15) is 12.0 Å². The number of ether oxygens (including phenoxy) is 1. The van der Waals surface area contributed by atoms with Crippen molar-refractivity contribution in [3.8, 4) is 0 Å². The second-order valence-corrected chi connectivity index (χ2v) is 7.08. The first-order valence-electron chi connectivity index (χ1n) is 10.1. The van der Waals surface area contributed by atoms with Crippen LogP contribution in [0.5, 0.6) is 0 Å². The van der Waals surface area contributed by atoms with Gasteiger partial charge in [-0.1, -0.05) is 60.7 Å². The smallest absolute Gasteiger partial charge is 0.374 e. The van der Waals surface area contributed by atoms with Gasteiger partial charge in [0.2, 0.25) is 5.78 Å². The number of rotatable bonds is 10. The zero-order valence-corrected chi connectivity index (χ0v) is 17.6. The number of hydrogen-bond donors (Lipinski definition) is 0. The molecule has 8 heteroatoms. The highest BCUT2D eigenvalue weighted by Gasteiger charge is 2.24. The summed E-state index contributed by atoms with van der Waals surface area (Å²) in [6.45, 7) is 2.65. The average Bonchev–Trinajstić information content (AvgIpc) is 2.80. The van der Waals surface area contributed by atoms with Crippen LogP contribution in [0.4, 0.5) is 11.5 Å². The highest BCUT2D eigenvalue weighted by molar-refractivity contribution is 6.34. The molecule has 1 heterocycles. The van der Waals surface area contributed by atoms with Crippen LogP contribution in [0.3, 0.4) is 0 Å². The summed E-state index contributed by atoms with van der Waals surface area (Å²) in [5.41, 5.74) is 1.87. The van der Waals surface area contributed by atoms with Crippen LogP contribution in [-0.2, 0) is 33.8 Å². The van der Waals surface area contributed by atoms with E-state index in [1.807, 2.05) is 65.6 Å². The van der Waals surface area contributed by atoms with Crippen molar-refractivity contribution in [3.05, 3.63) is 99.7 Å². The predicted molar refractivity (Wildman–Crippen MR) is 119 cm³/mol. The van der Waals surface area contributed by atoms with Crippen molar-refractivity contribution in [1.29, 1.82) is 0 Å². The Kier molecular flexibility index (Phi) is 7.64. The zero-order chi connectivity index (χ0) is 22.9. The summed E-state index contributed by atoms with van der Waals surface area (Å²) in [5, 5.41) is 11.5. The number of aromatic nitrogens is 1. The minimum Gasteiger partial charge on any atom is -0.460 e. The highest BCUT2D eigenvalue weighted by atomic mass is 16.6. The molecule has 0 amide bonds. The van der Waals surface area contributed by atoms with Gasteiger partial charge in [0.15, 0.2) is 0 Å². The van der Waals surface area contributed by atoms with Crippen LogP contribution in [0.1, 0.15) is 23.6 Å². The molecule has 0 aliphatic heterocycles. The van der Waals surface area contributed by atoms with Gasteiger partial charge in [0.05, 0.1) is 18.0 Å². The van der Waals surface area contributed by atoms with E-state index in [2.05, 4.69) is 4.98 Å². The van der Waals surface area contributed by atoms with Gasteiger partial charge in [-0.3, -0.25) is 14.9 Å². The first kappa shape index (κ1) is 22.6. The number of pyridine rings is 1. The first-order valence-corrected chi connectivity index (χ1v) is 10.1. The minimum atomic E-state index is -1.01. The molecule has 0 saturated carbocycles. The summed E-state index contributed by atoms with van der Waals surface area (Å²) < 4.78 is 4.73. The monoisotopic (exact) mass is 433 g/mol. The van der Waals surface area contributed by atoms with Crippen LogP contribution in [0, 0.1) is 10.1 Å². The van der Waals surface area contributed by atoms with Crippen LogP contribution >= 0.6 is 0 Å². The molecule has 32 heavy (non-hydrogen) atoms. The number of nitrogens with zero attached hydrogens (tertiary/aromatic N) is 3. The summed E-state index contributed by atoms with van der Waals surface area (Å²) in [4.78, 5) is 41.1. The fourth-order valence-corrected chi connectivity index (χ4v) is 3.24. The van der Waals surface area contributed by atoms with Crippen molar-refractivity contribution in [1.82, 2.24) is 4.98 Å². The Bertz CT molecular complexity index is 1050. The Morgan fingerprint density at radius 3 is 2.06 bits per heavy atom. The lowest BCUT2D eigenvalue weighted by molar-refractivity contribution is -0.385. The number of carbonyl (C=O) groups excluding carboxylic acids is 2. The van der Waals surface area contributed by atoms with Gasteiger partial charge in [0, 0.05) is 18.7 Å². The highest BCUT2D eigenvalue weighted by Crippen LogP contribution is 2.26. The molecule has 0 aliphatic carbocycles. The Morgan fingerprint density at radius 2 is 1.56 bits per heavy atom. The lowest BCUT2D eigenvalue weighted by Gasteiger charge is -2.24. The van der Waals surface area contributed by atoms with Gasteiger partial charge in [-0.25, -0.2) is 9.78 Å². The van der Waals surface area contributed by atoms with Crippen molar-refractivity contribution in [2.75, 3.05) is 11.5 Å². The van der Waals surface area contributed by atoms with E-state index in [-0.39, 0.29) is 17.9 Å². The number of esters is 1. The van der Waals surface area contributed by atoms with Gasteiger partial charge in [-0.05, 0) is 24.1 Å².